The van der Waals surface area contributed by atoms with Crippen molar-refractivity contribution < 1.29 is 9.59 Å². The van der Waals surface area contributed by atoms with E-state index in [4.69, 9.17) is 0 Å². The molecule has 0 aliphatic heterocycles. The minimum absolute atomic E-state index is 0.0993. The molecule has 0 bridgehead atoms. The van der Waals surface area contributed by atoms with Gasteiger partial charge in [0.25, 0.3) is 0 Å². The molecular formula is C19H26N6O2S. The van der Waals surface area contributed by atoms with E-state index in [0.29, 0.717) is 17.6 Å². The molecule has 2 N–H and O–H groups in total. The van der Waals surface area contributed by atoms with Crippen LogP contribution in [0, 0.1) is 5.92 Å². The number of amides is 3. The number of aromatic nitrogens is 4. The van der Waals surface area contributed by atoms with E-state index in [1.807, 2.05) is 23.6 Å². The topological polar surface area (TPSA) is 102 Å². The van der Waals surface area contributed by atoms with Gasteiger partial charge in [-0.05, 0) is 37.8 Å². The van der Waals surface area contributed by atoms with Crippen molar-refractivity contribution in [3.05, 3.63) is 24.5 Å². The van der Waals surface area contributed by atoms with E-state index in [9.17, 15) is 9.59 Å². The Morgan fingerprint density at radius 3 is 2.68 bits per heavy atom. The summed E-state index contributed by atoms with van der Waals surface area (Å²) < 4.78 is 1.94. The zero-order valence-electron chi connectivity index (χ0n) is 16.2. The fourth-order valence-electron chi connectivity index (χ4n) is 3.42. The maximum atomic E-state index is 12.2. The molecule has 0 radical (unpaired) electrons. The second-order valence-corrected chi connectivity index (χ2v) is 7.91. The Labute approximate surface area is 168 Å². The first-order valence-corrected chi connectivity index (χ1v) is 10.6. The lowest BCUT2D eigenvalue weighted by molar-refractivity contribution is -0.117. The first-order chi connectivity index (χ1) is 13.6. The van der Waals surface area contributed by atoms with Crippen molar-refractivity contribution in [1.29, 1.82) is 0 Å². The molecule has 0 aromatic carbocycles. The quantitative estimate of drug-likeness (QED) is 0.721. The number of pyridine rings is 1. The summed E-state index contributed by atoms with van der Waals surface area (Å²) in [5.41, 5.74) is 0.918. The van der Waals surface area contributed by atoms with E-state index in [-0.39, 0.29) is 17.7 Å². The van der Waals surface area contributed by atoms with E-state index in [2.05, 4.69) is 32.7 Å². The average molecular weight is 403 g/mol. The second kappa shape index (κ2) is 9.68. The van der Waals surface area contributed by atoms with Crippen LogP contribution in [0.15, 0.2) is 29.7 Å². The third kappa shape index (κ3) is 5.09. The van der Waals surface area contributed by atoms with Crippen molar-refractivity contribution in [1.82, 2.24) is 30.4 Å². The molecule has 2 atom stereocenters. The average Bonchev–Trinajstić information content (AvgIpc) is 3.11. The molecule has 1 aliphatic rings. The van der Waals surface area contributed by atoms with Gasteiger partial charge in [-0.2, -0.15) is 0 Å². The SMILES string of the molecule is CCn1c(SCC(=O)NC(=O)N[C@H]2CCCC[C@H]2C)nnc1-c1ccncc1. The monoisotopic (exact) mass is 402 g/mol. The van der Waals surface area contributed by atoms with E-state index >= 15 is 0 Å². The predicted molar refractivity (Wildman–Crippen MR) is 108 cm³/mol. The van der Waals surface area contributed by atoms with Crippen LogP contribution in [0.25, 0.3) is 11.4 Å². The maximum Gasteiger partial charge on any atom is 0.321 e. The minimum Gasteiger partial charge on any atom is -0.335 e. The Balaban J connectivity index is 1.53. The summed E-state index contributed by atoms with van der Waals surface area (Å²) in [7, 11) is 0. The van der Waals surface area contributed by atoms with E-state index in [1.54, 1.807) is 12.4 Å². The van der Waals surface area contributed by atoms with E-state index in [1.165, 1.54) is 18.2 Å². The van der Waals surface area contributed by atoms with Crippen LogP contribution in [0.1, 0.15) is 39.5 Å². The fraction of sp³-hybridized carbons (Fsp3) is 0.526. The highest BCUT2D eigenvalue weighted by molar-refractivity contribution is 7.99. The lowest BCUT2D eigenvalue weighted by Gasteiger charge is -2.29. The van der Waals surface area contributed by atoms with Gasteiger partial charge in [0.15, 0.2) is 11.0 Å². The Hall–Kier alpha value is -2.42. The Morgan fingerprint density at radius 1 is 1.21 bits per heavy atom. The molecule has 28 heavy (non-hydrogen) atoms. The van der Waals surface area contributed by atoms with Gasteiger partial charge in [0.1, 0.15) is 0 Å². The van der Waals surface area contributed by atoms with Gasteiger partial charge in [-0.25, -0.2) is 4.79 Å². The number of nitrogens with zero attached hydrogens (tertiary/aromatic N) is 4. The number of hydrogen-bond acceptors (Lipinski definition) is 6. The van der Waals surface area contributed by atoms with E-state index < -0.39 is 6.03 Å². The van der Waals surface area contributed by atoms with Gasteiger partial charge in [-0.15, -0.1) is 10.2 Å². The summed E-state index contributed by atoms with van der Waals surface area (Å²) in [6.45, 7) is 4.81. The largest absolute Gasteiger partial charge is 0.335 e. The van der Waals surface area contributed by atoms with Crippen molar-refractivity contribution in [2.24, 2.45) is 5.92 Å². The molecule has 0 saturated heterocycles. The first-order valence-electron chi connectivity index (χ1n) is 9.65. The van der Waals surface area contributed by atoms with Gasteiger partial charge < -0.3 is 9.88 Å². The number of carbonyl (C=O) groups excluding carboxylic acids is 2. The molecule has 1 aliphatic carbocycles. The van der Waals surface area contributed by atoms with Crippen LogP contribution in [0.5, 0.6) is 0 Å². The molecule has 3 amide bonds. The van der Waals surface area contributed by atoms with Crippen molar-refractivity contribution in [2.75, 3.05) is 5.75 Å². The number of urea groups is 1. The van der Waals surface area contributed by atoms with Crippen LogP contribution in [0.4, 0.5) is 4.79 Å². The van der Waals surface area contributed by atoms with Crippen LogP contribution >= 0.6 is 11.8 Å². The smallest absolute Gasteiger partial charge is 0.321 e. The molecule has 2 aromatic rings. The summed E-state index contributed by atoms with van der Waals surface area (Å²) in [4.78, 5) is 28.3. The number of nitrogens with one attached hydrogen (secondary N) is 2. The highest BCUT2D eigenvalue weighted by Gasteiger charge is 2.23. The molecule has 2 heterocycles. The number of rotatable bonds is 6. The Kier molecular flexibility index (Phi) is 7.02. The van der Waals surface area contributed by atoms with Crippen molar-refractivity contribution in [2.45, 2.75) is 57.3 Å². The van der Waals surface area contributed by atoms with Crippen LogP contribution < -0.4 is 10.6 Å². The van der Waals surface area contributed by atoms with Gasteiger partial charge in [-0.3, -0.25) is 15.1 Å². The first kappa shape index (κ1) is 20.3. The molecule has 2 aromatic heterocycles. The predicted octanol–water partition coefficient (Wildman–Crippen LogP) is 2.86. The zero-order valence-corrected chi connectivity index (χ0v) is 17.0. The van der Waals surface area contributed by atoms with Gasteiger partial charge in [0, 0.05) is 30.5 Å². The number of carbonyl (C=O) groups is 2. The third-order valence-electron chi connectivity index (χ3n) is 4.98. The van der Waals surface area contributed by atoms with Gasteiger partial charge in [0.2, 0.25) is 5.91 Å². The summed E-state index contributed by atoms with van der Waals surface area (Å²) >= 11 is 1.27. The van der Waals surface area contributed by atoms with Crippen molar-refractivity contribution in [3.8, 4) is 11.4 Å². The van der Waals surface area contributed by atoms with E-state index in [0.717, 1.165) is 30.7 Å². The van der Waals surface area contributed by atoms with Gasteiger partial charge in [-0.1, -0.05) is 31.5 Å². The van der Waals surface area contributed by atoms with Crippen molar-refractivity contribution in [3.63, 3.8) is 0 Å². The normalized spacial score (nSPS) is 19.2. The number of hydrogen-bond donors (Lipinski definition) is 2. The van der Waals surface area contributed by atoms with Crippen LogP contribution in [0.3, 0.4) is 0 Å². The second-order valence-electron chi connectivity index (χ2n) is 6.96. The van der Waals surface area contributed by atoms with Crippen LogP contribution in [-0.4, -0.2) is 43.5 Å². The minimum atomic E-state index is -0.418. The summed E-state index contributed by atoms with van der Waals surface area (Å²) in [5.74, 6) is 0.930. The van der Waals surface area contributed by atoms with Crippen LogP contribution in [0.2, 0.25) is 0 Å². The molecule has 1 fully saturated rings. The van der Waals surface area contributed by atoms with Gasteiger partial charge >= 0.3 is 6.03 Å². The highest BCUT2D eigenvalue weighted by Crippen LogP contribution is 2.24. The summed E-state index contributed by atoms with van der Waals surface area (Å²) in [6, 6.07) is 3.46. The molecule has 0 unspecified atom stereocenters. The lowest BCUT2D eigenvalue weighted by atomic mass is 9.86. The fourth-order valence-corrected chi connectivity index (χ4v) is 4.23. The zero-order chi connectivity index (χ0) is 19.9. The molecule has 0 spiro atoms. The molecular weight excluding hydrogens is 376 g/mol. The van der Waals surface area contributed by atoms with Crippen LogP contribution in [-0.2, 0) is 11.3 Å². The maximum absolute atomic E-state index is 12.2. The number of imide groups is 1. The van der Waals surface area contributed by atoms with Crippen molar-refractivity contribution >= 4 is 23.7 Å². The standard InChI is InChI=1S/C19H26N6O2S/c1-3-25-17(14-8-10-20-11-9-14)23-24-19(25)28-12-16(26)22-18(27)21-15-7-5-4-6-13(15)2/h8-11,13,15H,3-7,12H2,1-2H3,(H2,21,22,26,27)/t13-,15+/m1/s1. The lowest BCUT2D eigenvalue weighted by Crippen LogP contribution is -2.48. The summed E-state index contributed by atoms with van der Waals surface area (Å²) in [6.07, 6.45) is 7.81. The Morgan fingerprint density at radius 2 is 1.96 bits per heavy atom. The number of thioether (sulfide) groups is 1. The Bertz CT molecular complexity index is 810. The third-order valence-corrected chi connectivity index (χ3v) is 5.95. The molecule has 8 nitrogen and oxygen atoms in total. The van der Waals surface area contributed by atoms with Gasteiger partial charge in [0.05, 0.1) is 5.75 Å². The highest BCUT2D eigenvalue weighted by atomic mass is 32.2. The summed E-state index contributed by atoms with van der Waals surface area (Å²) in [5, 5.41) is 14.4. The molecule has 9 heteroatoms. The molecule has 1 saturated carbocycles. The molecule has 150 valence electrons. The molecule has 3 rings (SSSR count).